The maximum atomic E-state index is 12.9. The highest BCUT2D eigenvalue weighted by Crippen LogP contribution is 2.32. The third-order valence-corrected chi connectivity index (χ3v) is 4.25. The number of halogens is 2. The van der Waals surface area contributed by atoms with Crippen LogP contribution in [-0.2, 0) is 9.59 Å². The summed E-state index contributed by atoms with van der Waals surface area (Å²) in [6, 6.07) is 11.8. The molecule has 6 nitrogen and oxygen atoms in total. The van der Waals surface area contributed by atoms with Gasteiger partial charge in [0.15, 0.2) is 0 Å². The minimum atomic E-state index is -0.814. The van der Waals surface area contributed by atoms with Crippen LogP contribution in [0.5, 0.6) is 0 Å². The molecule has 0 unspecified atom stereocenters. The number of nitrogens with zero attached hydrogens (tertiary/aromatic N) is 3. The lowest BCUT2D eigenvalue weighted by Crippen LogP contribution is -2.35. The van der Waals surface area contributed by atoms with Crippen LogP contribution >= 0.6 is 23.2 Å². The van der Waals surface area contributed by atoms with Gasteiger partial charge in [0, 0.05) is 17.0 Å². The van der Waals surface area contributed by atoms with E-state index >= 15 is 0 Å². The number of urea groups is 1. The summed E-state index contributed by atoms with van der Waals surface area (Å²) >= 11 is 11.9. The van der Waals surface area contributed by atoms with Gasteiger partial charge in [-0.05, 0) is 42.0 Å². The van der Waals surface area contributed by atoms with Crippen molar-refractivity contribution in [3.8, 4) is 6.07 Å². The predicted octanol–water partition coefficient (Wildman–Crippen LogP) is 4.22. The van der Waals surface area contributed by atoms with Crippen LogP contribution in [0.4, 0.5) is 10.5 Å². The van der Waals surface area contributed by atoms with E-state index in [4.69, 9.17) is 28.5 Å². The van der Waals surface area contributed by atoms with Crippen molar-refractivity contribution in [2.24, 2.45) is 0 Å². The van der Waals surface area contributed by atoms with E-state index in [1.807, 2.05) is 6.07 Å². The molecule has 2 aromatic carbocycles. The van der Waals surface area contributed by atoms with E-state index in [1.165, 1.54) is 31.2 Å². The van der Waals surface area contributed by atoms with Crippen LogP contribution in [-0.4, -0.2) is 22.7 Å². The fourth-order valence-corrected chi connectivity index (χ4v) is 3.15. The molecule has 2 aromatic rings. The van der Waals surface area contributed by atoms with Crippen molar-refractivity contribution in [3.63, 3.8) is 0 Å². The molecule has 0 N–H and O–H groups in total. The Balaban J connectivity index is 2.09. The quantitative estimate of drug-likeness (QED) is 0.558. The highest BCUT2D eigenvalue weighted by atomic mass is 35.5. The van der Waals surface area contributed by atoms with Gasteiger partial charge in [-0.25, -0.2) is 14.6 Å². The molecule has 27 heavy (non-hydrogen) atoms. The molecular weight excluding hydrogens is 389 g/mol. The number of nitriles is 1. The SMILES string of the molecule is CC(=O)N1C(=O)N(c2cc(Cl)cc(Cl)c2)C(=O)/C1=C\c1ccc(C#N)cc1. The first-order chi connectivity index (χ1) is 12.8. The van der Waals surface area contributed by atoms with Crippen LogP contribution in [0.3, 0.4) is 0 Å². The molecule has 1 saturated heterocycles. The average Bonchev–Trinajstić information content (AvgIpc) is 2.85. The average molecular weight is 400 g/mol. The molecule has 0 aliphatic carbocycles. The number of amides is 4. The zero-order valence-electron chi connectivity index (χ0n) is 13.9. The molecule has 0 aromatic heterocycles. The monoisotopic (exact) mass is 399 g/mol. The van der Waals surface area contributed by atoms with E-state index in [2.05, 4.69) is 0 Å². The lowest BCUT2D eigenvalue weighted by molar-refractivity contribution is -0.125. The van der Waals surface area contributed by atoms with Crippen LogP contribution in [0, 0.1) is 11.3 Å². The van der Waals surface area contributed by atoms with Gasteiger partial charge in [-0.3, -0.25) is 9.59 Å². The summed E-state index contributed by atoms with van der Waals surface area (Å²) in [5.74, 6) is -1.29. The lowest BCUT2D eigenvalue weighted by atomic mass is 10.1. The van der Waals surface area contributed by atoms with Crippen LogP contribution in [0.15, 0.2) is 48.2 Å². The highest BCUT2D eigenvalue weighted by Gasteiger charge is 2.44. The first-order valence-corrected chi connectivity index (χ1v) is 8.44. The van der Waals surface area contributed by atoms with Gasteiger partial charge in [-0.1, -0.05) is 35.3 Å². The molecule has 4 amide bonds. The van der Waals surface area contributed by atoms with Gasteiger partial charge in [-0.2, -0.15) is 5.26 Å². The minimum Gasteiger partial charge on any atom is -0.274 e. The summed E-state index contributed by atoms with van der Waals surface area (Å²) in [6.07, 6.45) is 1.41. The second kappa shape index (κ2) is 7.23. The van der Waals surface area contributed by atoms with Crippen LogP contribution in [0.2, 0.25) is 10.0 Å². The Hall–Kier alpha value is -3.14. The van der Waals surface area contributed by atoms with Gasteiger partial charge >= 0.3 is 6.03 Å². The summed E-state index contributed by atoms with van der Waals surface area (Å²) in [4.78, 5) is 39.2. The van der Waals surface area contributed by atoms with Crippen molar-refractivity contribution in [2.75, 3.05) is 4.90 Å². The molecule has 0 saturated carbocycles. The second-order valence-corrected chi connectivity index (χ2v) is 6.54. The van der Waals surface area contributed by atoms with E-state index in [9.17, 15) is 14.4 Å². The third-order valence-electron chi connectivity index (χ3n) is 3.81. The topological polar surface area (TPSA) is 81.5 Å². The molecule has 134 valence electrons. The van der Waals surface area contributed by atoms with Crippen LogP contribution in [0.25, 0.3) is 6.08 Å². The second-order valence-electron chi connectivity index (χ2n) is 5.67. The Bertz CT molecular complexity index is 1020. The smallest absolute Gasteiger partial charge is 0.274 e. The van der Waals surface area contributed by atoms with E-state index < -0.39 is 17.8 Å². The fraction of sp³-hybridized carbons (Fsp3) is 0.0526. The highest BCUT2D eigenvalue weighted by molar-refractivity contribution is 6.37. The molecule has 0 bridgehead atoms. The molecule has 1 heterocycles. The first-order valence-electron chi connectivity index (χ1n) is 7.69. The number of imide groups is 2. The van der Waals surface area contributed by atoms with E-state index in [0.29, 0.717) is 11.1 Å². The molecule has 3 rings (SSSR count). The van der Waals surface area contributed by atoms with E-state index in [1.54, 1.807) is 24.3 Å². The number of carbonyl (C=O) groups excluding carboxylic acids is 3. The molecule has 8 heteroatoms. The Labute approximate surface area is 164 Å². The van der Waals surface area contributed by atoms with E-state index in [-0.39, 0.29) is 21.4 Å². The molecule has 1 aliphatic rings. The zero-order valence-corrected chi connectivity index (χ0v) is 15.5. The van der Waals surface area contributed by atoms with Crippen molar-refractivity contribution in [2.45, 2.75) is 6.92 Å². The molecule has 0 atom stereocenters. The van der Waals surface area contributed by atoms with Gasteiger partial charge < -0.3 is 0 Å². The van der Waals surface area contributed by atoms with Gasteiger partial charge in [0.05, 0.1) is 17.3 Å². The fourth-order valence-electron chi connectivity index (χ4n) is 2.64. The Kier molecular flexibility index (Phi) is 5.00. The number of carbonyl (C=O) groups is 3. The Morgan fingerprint density at radius 1 is 1.07 bits per heavy atom. The number of hydrogen-bond acceptors (Lipinski definition) is 4. The van der Waals surface area contributed by atoms with Gasteiger partial charge in [0.25, 0.3) is 5.91 Å². The molecule has 0 radical (unpaired) electrons. The summed E-state index contributed by atoms with van der Waals surface area (Å²) in [7, 11) is 0. The first kappa shape index (κ1) is 18.6. The van der Waals surface area contributed by atoms with Crippen molar-refractivity contribution in [1.82, 2.24) is 4.90 Å². The largest absolute Gasteiger partial charge is 0.343 e. The minimum absolute atomic E-state index is 0.103. The van der Waals surface area contributed by atoms with Gasteiger partial charge in [0.1, 0.15) is 5.70 Å². The Morgan fingerprint density at radius 3 is 2.19 bits per heavy atom. The van der Waals surface area contributed by atoms with Crippen molar-refractivity contribution in [3.05, 3.63) is 69.3 Å². The number of benzene rings is 2. The standard InChI is InChI=1S/C19H11Cl2N3O3/c1-11(25)23-17(6-12-2-4-13(10-22)5-3-12)18(26)24(19(23)27)16-8-14(20)7-15(21)9-16/h2-9H,1H3/b17-6+. The number of hydrogen-bond donors (Lipinski definition) is 0. The number of anilines is 1. The maximum Gasteiger partial charge on any atom is 0.343 e. The van der Waals surface area contributed by atoms with Crippen molar-refractivity contribution >= 4 is 52.8 Å². The number of rotatable bonds is 2. The van der Waals surface area contributed by atoms with Crippen LogP contribution < -0.4 is 4.90 Å². The normalized spacial score (nSPS) is 15.4. The van der Waals surface area contributed by atoms with Gasteiger partial charge in [0.2, 0.25) is 5.91 Å². The Morgan fingerprint density at radius 2 is 1.67 bits per heavy atom. The summed E-state index contributed by atoms with van der Waals surface area (Å²) in [6.45, 7) is 1.19. The molecular formula is C19H11Cl2N3O3. The molecule has 1 fully saturated rings. The summed E-state index contributed by atoms with van der Waals surface area (Å²) in [5, 5.41) is 9.36. The summed E-state index contributed by atoms with van der Waals surface area (Å²) < 4.78 is 0. The third kappa shape index (κ3) is 3.56. The summed E-state index contributed by atoms with van der Waals surface area (Å²) in [5.41, 5.74) is 1.07. The maximum absolute atomic E-state index is 12.9. The van der Waals surface area contributed by atoms with Crippen molar-refractivity contribution < 1.29 is 14.4 Å². The van der Waals surface area contributed by atoms with Gasteiger partial charge in [-0.15, -0.1) is 0 Å². The molecule has 0 spiro atoms. The van der Waals surface area contributed by atoms with Crippen molar-refractivity contribution in [1.29, 1.82) is 5.26 Å². The predicted molar refractivity (Wildman–Crippen MR) is 101 cm³/mol. The lowest BCUT2D eigenvalue weighted by Gasteiger charge is -2.14. The van der Waals surface area contributed by atoms with Crippen LogP contribution in [0.1, 0.15) is 18.1 Å². The molecule has 1 aliphatic heterocycles. The van der Waals surface area contributed by atoms with E-state index in [0.717, 1.165) is 9.80 Å². The zero-order chi connectivity index (χ0) is 19.7.